The molecule has 0 atom stereocenters. The average Bonchev–Trinajstić information content (AvgIpc) is 2.60. The molecule has 0 saturated heterocycles. The van der Waals surface area contributed by atoms with Crippen molar-refractivity contribution in [3.63, 3.8) is 0 Å². The van der Waals surface area contributed by atoms with Gasteiger partial charge in [-0.2, -0.15) is 0 Å². The number of Topliss-reactive ketones (excluding diaryl/α,β-unsaturated/α-hetero) is 1. The summed E-state index contributed by atoms with van der Waals surface area (Å²) in [5, 5.41) is 0. The van der Waals surface area contributed by atoms with E-state index in [9.17, 15) is 14.0 Å². The Labute approximate surface area is 94.6 Å². The predicted molar refractivity (Wildman–Crippen MR) is 60.3 cm³/mol. The lowest BCUT2D eigenvalue weighted by Gasteiger charge is -1.99. The van der Waals surface area contributed by atoms with Crippen LogP contribution >= 0.6 is 11.3 Å². The topological polar surface area (TPSA) is 49.9 Å². The molecule has 16 heavy (non-hydrogen) atoms. The summed E-state index contributed by atoms with van der Waals surface area (Å²) in [4.78, 5) is 25.1. The summed E-state index contributed by atoms with van der Waals surface area (Å²) in [5.74, 6) is -0.634. The molecular formula is C11H8FNO2S. The molecule has 0 aliphatic carbocycles. The van der Waals surface area contributed by atoms with Gasteiger partial charge in [0.1, 0.15) is 11.5 Å². The Morgan fingerprint density at radius 3 is 2.81 bits per heavy atom. The molecule has 0 amide bonds. The number of carbonyl (C=O) groups excluding carboxylic acids is 1. The van der Waals surface area contributed by atoms with Gasteiger partial charge in [-0.25, -0.2) is 4.39 Å². The Morgan fingerprint density at radius 2 is 2.19 bits per heavy atom. The summed E-state index contributed by atoms with van der Waals surface area (Å²) >= 11 is 0.906. The second kappa shape index (κ2) is 4.02. The van der Waals surface area contributed by atoms with Gasteiger partial charge in [0.05, 0.1) is 4.88 Å². The van der Waals surface area contributed by atoms with Crippen LogP contribution in [0, 0.1) is 5.82 Å². The molecule has 2 rings (SSSR count). The van der Waals surface area contributed by atoms with E-state index in [0.717, 1.165) is 11.3 Å². The lowest BCUT2D eigenvalue weighted by molar-refractivity contribution is 0.101. The smallest absolute Gasteiger partial charge is 0.305 e. The Kier molecular flexibility index (Phi) is 2.70. The first-order chi connectivity index (χ1) is 7.58. The zero-order valence-corrected chi connectivity index (χ0v) is 9.23. The van der Waals surface area contributed by atoms with Gasteiger partial charge in [0.2, 0.25) is 0 Å². The molecule has 0 unspecified atom stereocenters. The zero-order chi connectivity index (χ0) is 11.7. The summed E-state index contributed by atoms with van der Waals surface area (Å²) < 4.78 is 13.0. The van der Waals surface area contributed by atoms with Gasteiger partial charge < -0.3 is 4.98 Å². The second-order valence-corrected chi connectivity index (χ2v) is 4.27. The Balaban J connectivity index is 2.64. The highest BCUT2D eigenvalue weighted by atomic mass is 32.1. The summed E-state index contributed by atoms with van der Waals surface area (Å²) in [7, 11) is 0. The van der Waals surface area contributed by atoms with Gasteiger partial charge in [-0.05, 0) is 17.7 Å². The van der Waals surface area contributed by atoms with Crippen molar-refractivity contribution in [3.8, 4) is 10.4 Å². The normalized spacial score (nSPS) is 10.4. The van der Waals surface area contributed by atoms with E-state index in [1.807, 2.05) is 0 Å². The Hall–Kier alpha value is -1.75. The quantitative estimate of drug-likeness (QED) is 0.815. The Morgan fingerprint density at radius 1 is 1.44 bits per heavy atom. The molecule has 1 N–H and O–H groups in total. The maximum absolute atomic E-state index is 13.0. The van der Waals surface area contributed by atoms with E-state index in [4.69, 9.17) is 0 Å². The van der Waals surface area contributed by atoms with Crippen molar-refractivity contribution in [3.05, 3.63) is 45.4 Å². The number of thiazole rings is 1. The predicted octanol–water partition coefficient (Wildman–Crippen LogP) is 2.45. The molecule has 0 fully saturated rings. The number of aromatic nitrogens is 1. The van der Waals surface area contributed by atoms with Crippen LogP contribution in [0.2, 0.25) is 0 Å². The fraction of sp³-hybridized carbons (Fsp3) is 0.0909. The first-order valence-electron chi connectivity index (χ1n) is 4.58. The largest absolute Gasteiger partial charge is 0.309 e. The minimum atomic E-state index is -0.396. The van der Waals surface area contributed by atoms with Crippen molar-refractivity contribution in [2.75, 3.05) is 0 Å². The van der Waals surface area contributed by atoms with E-state index in [1.165, 1.54) is 19.1 Å². The molecule has 0 bridgehead atoms. The van der Waals surface area contributed by atoms with Crippen molar-refractivity contribution in [2.45, 2.75) is 6.92 Å². The fourth-order valence-electron chi connectivity index (χ4n) is 1.41. The maximum atomic E-state index is 13.0. The van der Waals surface area contributed by atoms with Crippen LogP contribution in [0.5, 0.6) is 0 Å². The van der Waals surface area contributed by atoms with Crippen molar-refractivity contribution >= 4 is 17.1 Å². The van der Waals surface area contributed by atoms with E-state index in [1.54, 1.807) is 12.1 Å². The molecule has 0 aliphatic heterocycles. The number of hydrogen-bond acceptors (Lipinski definition) is 3. The molecule has 1 aromatic carbocycles. The monoisotopic (exact) mass is 237 g/mol. The van der Waals surface area contributed by atoms with Crippen molar-refractivity contribution in [1.29, 1.82) is 0 Å². The van der Waals surface area contributed by atoms with Crippen LogP contribution in [0.25, 0.3) is 10.4 Å². The molecule has 1 aromatic heterocycles. The first-order valence-corrected chi connectivity index (χ1v) is 5.39. The number of H-pyrrole nitrogens is 1. The van der Waals surface area contributed by atoms with Gasteiger partial charge in [0.25, 0.3) is 0 Å². The number of halogens is 1. The second-order valence-electron chi connectivity index (χ2n) is 3.29. The van der Waals surface area contributed by atoms with Crippen LogP contribution < -0.4 is 4.87 Å². The van der Waals surface area contributed by atoms with Crippen LogP contribution in [0.3, 0.4) is 0 Å². The van der Waals surface area contributed by atoms with Crippen LogP contribution in [0.15, 0.2) is 29.1 Å². The first kappa shape index (κ1) is 10.8. The zero-order valence-electron chi connectivity index (χ0n) is 8.41. The molecule has 2 aromatic rings. The highest BCUT2D eigenvalue weighted by molar-refractivity contribution is 7.13. The fourth-order valence-corrected chi connectivity index (χ4v) is 2.29. The minimum absolute atomic E-state index is 0.237. The number of nitrogens with one attached hydrogen (secondary N) is 1. The van der Waals surface area contributed by atoms with E-state index < -0.39 is 5.82 Å². The van der Waals surface area contributed by atoms with Gasteiger partial charge in [-0.15, -0.1) is 0 Å². The van der Waals surface area contributed by atoms with Gasteiger partial charge in [-0.1, -0.05) is 23.5 Å². The summed E-state index contributed by atoms with van der Waals surface area (Å²) in [6.45, 7) is 1.36. The van der Waals surface area contributed by atoms with Crippen LogP contribution in [-0.2, 0) is 0 Å². The van der Waals surface area contributed by atoms with Gasteiger partial charge >= 0.3 is 4.87 Å². The van der Waals surface area contributed by atoms with Gasteiger partial charge in [-0.3, -0.25) is 9.59 Å². The molecule has 1 heterocycles. The summed E-state index contributed by atoms with van der Waals surface area (Å²) in [5.41, 5.74) is 0.772. The number of aromatic amines is 1. The van der Waals surface area contributed by atoms with Gasteiger partial charge in [0, 0.05) is 6.92 Å². The number of carbonyl (C=O) groups is 1. The summed E-state index contributed by atoms with van der Waals surface area (Å²) in [6.07, 6.45) is 0. The SMILES string of the molecule is CC(=O)c1[nH]c(=O)sc1-c1cccc(F)c1. The molecule has 5 heteroatoms. The Bertz CT molecular complexity index is 600. The maximum Gasteiger partial charge on any atom is 0.305 e. The molecule has 3 nitrogen and oxygen atoms in total. The third kappa shape index (κ3) is 1.94. The molecule has 0 spiro atoms. The minimum Gasteiger partial charge on any atom is -0.309 e. The highest BCUT2D eigenvalue weighted by Crippen LogP contribution is 2.26. The molecule has 0 saturated carbocycles. The van der Waals surface area contributed by atoms with Crippen molar-refractivity contribution in [1.82, 2.24) is 4.98 Å². The molecule has 82 valence electrons. The lowest BCUT2D eigenvalue weighted by atomic mass is 10.1. The van der Waals surface area contributed by atoms with Gasteiger partial charge in [0.15, 0.2) is 5.78 Å². The molecule has 0 aliphatic rings. The average molecular weight is 237 g/mol. The number of rotatable bonds is 2. The van der Waals surface area contributed by atoms with Crippen molar-refractivity contribution in [2.24, 2.45) is 0 Å². The highest BCUT2D eigenvalue weighted by Gasteiger charge is 2.14. The number of benzene rings is 1. The number of ketones is 1. The molecule has 0 radical (unpaired) electrons. The van der Waals surface area contributed by atoms with E-state index >= 15 is 0 Å². The third-order valence-corrected chi connectivity index (χ3v) is 3.02. The van der Waals surface area contributed by atoms with Crippen molar-refractivity contribution < 1.29 is 9.18 Å². The standard InChI is InChI=1S/C11H8FNO2S/c1-6(14)9-10(16-11(15)13-9)7-3-2-4-8(12)5-7/h2-5H,1H3,(H,13,15). The summed E-state index contributed by atoms with van der Waals surface area (Å²) in [6, 6.07) is 5.81. The van der Waals surface area contributed by atoms with E-state index in [-0.39, 0.29) is 16.4 Å². The van der Waals surface area contributed by atoms with Crippen LogP contribution in [0.4, 0.5) is 4.39 Å². The lowest BCUT2D eigenvalue weighted by Crippen LogP contribution is -1.99. The van der Waals surface area contributed by atoms with E-state index in [2.05, 4.69) is 4.98 Å². The van der Waals surface area contributed by atoms with E-state index in [0.29, 0.717) is 10.4 Å². The van der Waals surface area contributed by atoms with Crippen LogP contribution in [0.1, 0.15) is 17.4 Å². The van der Waals surface area contributed by atoms with Crippen LogP contribution in [-0.4, -0.2) is 10.8 Å². The molecular weight excluding hydrogens is 229 g/mol. The third-order valence-electron chi connectivity index (χ3n) is 2.09. The number of hydrogen-bond donors (Lipinski definition) is 1.